The minimum Gasteiger partial charge on any atom is -0.388 e. The number of aliphatic hydroxyl groups is 1. The average Bonchev–Trinajstić information content (AvgIpc) is 2.38. The fraction of sp³-hybridized carbons (Fsp3) is 0.154. The highest BCUT2D eigenvalue weighted by Gasteiger charge is 2.16. The monoisotopic (exact) mass is 331 g/mol. The van der Waals surface area contributed by atoms with E-state index in [4.69, 9.17) is 0 Å². The van der Waals surface area contributed by atoms with Gasteiger partial charge in [0, 0.05) is 22.8 Å². The summed E-state index contributed by atoms with van der Waals surface area (Å²) >= 11 is 3.22. The molecule has 1 aromatic carbocycles. The Balaban J connectivity index is 2.20. The van der Waals surface area contributed by atoms with Crippen molar-refractivity contribution >= 4 is 15.9 Å². The molecule has 1 N–H and O–H groups in total. The summed E-state index contributed by atoms with van der Waals surface area (Å²) in [5.41, 5.74) is 0.530. The number of rotatable bonds is 3. The lowest BCUT2D eigenvalue weighted by Gasteiger charge is -2.11. The van der Waals surface area contributed by atoms with Gasteiger partial charge < -0.3 is 5.11 Å². The van der Waals surface area contributed by atoms with Crippen LogP contribution in [0.3, 0.4) is 0 Å². The Morgan fingerprint density at radius 1 is 1.16 bits per heavy atom. The molecule has 0 aliphatic heterocycles. The molecule has 0 fully saturated rings. The Morgan fingerprint density at radius 3 is 2.32 bits per heavy atom. The Kier molecular flexibility index (Phi) is 4.21. The normalized spacial score (nSPS) is 12.5. The van der Waals surface area contributed by atoms with Crippen LogP contribution in [0.4, 0.5) is 13.2 Å². The number of nitrogens with zero attached hydrogens (tertiary/aromatic N) is 1. The second kappa shape index (κ2) is 5.71. The van der Waals surface area contributed by atoms with Gasteiger partial charge in [-0.3, -0.25) is 4.98 Å². The first kappa shape index (κ1) is 14.0. The molecule has 6 heteroatoms. The van der Waals surface area contributed by atoms with Crippen LogP contribution >= 0.6 is 15.9 Å². The van der Waals surface area contributed by atoms with Crippen LogP contribution < -0.4 is 0 Å². The summed E-state index contributed by atoms with van der Waals surface area (Å²) in [6.07, 6.45) is 0.476. The summed E-state index contributed by atoms with van der Waals surface area (Å²) in [6.45, 7) is 0. The van der Waals surface area contributed by atoms with Crippen molar-refractivity contribution in [3.05, 3.63) is 63.6 Å². The van der Waals surface area contributed by atoms with Crippen molar-refractivity contribution in [3.8, 4) is 0 Å². The van der Waals surface area contributed by atoms with Crippen molar-refractivity contribution in [2.45, 2.75) is 12.5 Å². The average molecular weight is 332 g/mol. The molecule has 0 aliphatic rings. The summed E-state index contributed by atoms with van der Waals surface area (Å²) in [7, 11) is 0. The minimum atomic E-state index is -1.54. The van der Waals surface area contributed by atoms with Gasteiger partial charge in [-0.1, -0.05) is 0 Å². The summed E-state index contributed by atoms with van der Waals surface area (Å²) in [4.78, 5) is 4.04. The van der Waals surface area contributed by atoms with Gasteiger partial charge in [0.15, 0.2) is 17.5 Å². The largest absolute Gasteiger partial charge is 0.388 e. The van der Waals surface area contributed by atoms with E-state index in [0.717, 1.165) is 16.6 Å². The Hall–Kier alpha value is -1.40. The van der Waals surface area contributed by atoms with E-state index >= 15 is 0 Å². The highest BCUT2D eigenvalue weighted by molar-refractivity contribution is 9.10. The Labute approximate surface area is 116 Å². The van der Waals surface area contributed by atoms with Gasteiger partial charge in [-0.25, -0.2) is 13.2 Å². The molecule has 19 heavy (non-hydrogen) atoms. The molecule has 1 unspecified atom stereocenters. The predicted molar refractivity (Wildman–Crippen MR) is 66.9 cm³/mol. The van der Waals surface area contributed by atoms with Crippen molar-refractivity contribution in [1.29, 1.82) is 0 Å². The van der Waals surface area contributed by atoms with Crippen LogP contribution in [-0.4, -0.2) is 10.1 Å². The molecule has 2 aromatic rings. The van der Waals surface area contributed by atoms with Crippen LogP contribution in [0.1, 0.15) is 17.4 Å². The van der Waals surface area contributed by atoms with Crippen molar-refractivity contribution < 1.29 is 18.3 Å². The first-order chi connectivity index (χ1) is 8.97. The molecule has 100 valence electrons. The fourth-order valence-electron chi connectivity index (χ4n) is 1.61. The number of aliphatic hydroxyl groups excluding tert-OH is 1. The fourth-order valence-corrected chi connectivity index (χ4v) is 1.85. The molecule has 0 saturated heterocycles. The van der Waals surface area contributed by atoms with E-state index in [-0.39, 0.29) is 12.0 Å². The van der Waals surface area contributed by atoms with Crippen molar-refractivity contribution in [3.63, 3.8) is 0 Å². The smallest absolute Gasteiger partial charge is 0.194 e. The first-order valence-corrected chi connectivity index (χ1v) is 6.19. The second-order valence-corrected chi connectivity index (χ2v) is 4.90. The molecule has 1 heterocycles. The lowest BCUT2D eigenvalue weighted by molar-refractivity contribution is 0.176. The molecule has 0 radical (unpaired) electrons. The second-order valence-electron chi connectivity index (χ2n) is 3.99. The van der Waals surface area contributed by atoms with E-state index in [1.54, 1.807) is 18.3 Å². The summed E-state index contributed by atoms with van der Waals surface area (Å²) in [5, 5.41) is 9.88. The number of hydrogen-bond donors (Lipinski definition) is 1. The first-order valence-electron chi connectivity index (χ1n) is 5.40. The molecule has 2 nitrogen and oxygen atoms in total. The lowest BCUT2D eigenvalue weighted by atomic mass is 10.0. The SMILES string of the molecule is OC(Cc1ccc(Br)cn1)c1cc(F)c(F)c(F)c1. The number of aromatic nitrogens is 1. The maximum atomic E-state index is 13.0. The molecule has 1 aromatic heterocycles. The molecular formula is C13H9BrF3NO. The van der Waals surface area contributed by atoms with Crippen molar-refractivity contribution in [2.24, 2.45) is 0 Å². The number of pyridine rings is 1. The van der Waals surface area contributed by atoms with Crippen LogP contribution in [0.25, 0.3) is 0 Å². The zero-order valence-corrected chi connectivity index (χ0v) is 11.2. The van der Waals surface area contributed by atoms with Crippen LogP contribution in [-0.2, 0) is 6.42 Å². The van der Waals surface area contributed by atoms with E-state index in [2.05, 4.69) is 20.9 Å². The third-order valence-electron chi connectivity index (χ3n) is 2.58. The van der Waals surface area contributed by atoms with Crippen LogP contribution in [0, 0.1) is 17.5 Å². The quantitative estimate of drug-likeness (QED) is 0.873. The third kappa shape index (κ3) is 3.33. The number of hydrogen-bond acceptors (Lipinski definition) is 2. The maximum Gasteiger partial charge on any atom is 0.194 e. The van der Waals surface area contributed by atoms with Gasteiger partial charge in [0.2, 0.25) is 0 Å². The molecule has 2 rings (SSSR count). The molecule has 0 amide bonds. The summed E-state index contributed by atoms with van der Waals surface area (Å²) < 4.78 is 39.7. The van der Waals surface area contributed by atoms with E-state index in [1.807, 2.05) is 0 Å². The van der Waals surface area contributed by atoms with Crippen molar-refractivity contribution in [1.82, 2.24) is 4.98 Å². The van der Waals surface area contributed by atoms with Gasteiger partial charge in [-0.2, -0.15) is 0 Å². The molecular weight excluding hydrogens is 323 g/mol. The highest BCUT2D eigenvalue weighted by Crippen LogP contribution is 2.22. The topological polar surface area (TPSA) is 33.1 Å². The van der Waals surface area contributed by atoms with Gasteiger partial charge in [-0.15, -0.1) is 0 Å². The van der Waals surface area contributed by atoms with Crippen LogP contribution in [0.15, 0.2) is 34.9 Å². The van der Waals surface area contributed by atoms with Crippen molar-refractivity contribution in [2.75, 3.05) is 0 Å². The van der Waals surface area contributed by atoms with E-state index in [9.17, 15) is 18.3 Å². The standard InChI is InChI=1S/C13H9BrF3NO/c14-8-1-2-9(18-6-8)5-12(19)7-3-10(15)13(17)11(16)4-7/h1-4,6,12,19H,5H2. The molecule has 1 atom stereocenters. The van der Waals surface area contributed by atoms with Crippen LogP contribution in [0.5, 0.6) is 0 Å². The van der Waals surface area contributed by atoms with Gasteiger partial charge in [0.05, 0.1) is 6.10 Å². The van der Waals surface area contributed by atoms with E-state index < -0.39 is 23.6 Å². The zero-order chi connectivity index (χ0) is 14.0. The summed E-state index contributed by atoms with van der Waals surface area (Å²) in [6, 6.07) is 4.97. The molecule has 0 aliphatic carbocycles. The molecule has 0 bridgehead atoms. The predicted octanol–water partition coefficient (Wildman–Crippen LogP) is 3.54. The summed E-state index contributed by atoms with van der Waals surface area (Å²) in [5.74, 6) is -4.19. The zero-order valence-electron chi connectivity index (χ0n) is 9.58. The third-order valence-corrected chi connectivity index (χ3v) is 3.05. The minimum absolute atomic E-state index is 0.0267. The maximum absolute atomic E-state index is 13.0. The Bertz CT molecular complexity index is 566. The Morgan fingerprint density at radius 2 is 1.79 bits per heavy atom. The van der Waals surface area contributed by atoms with Gasteiger partial charge in [0.25, 0.3) is 0 Å². The molecule has 0 spiro atoms. The van der Waals surface area contributed by atoms with Gasteiger partial charge in [-0.05, 0) is 45.8 Å². The lowest BCUT2D eigenvalue weighted by Crippen LogP contribution is -2.05. The van der Waals surface area contributed by atoms with E-state index in [0.29, 0.717) is 5.69 Å². The van der Waals surface area contributed by atoms with E-state index in [1.165, 1.54) is 0 Å². The van der Waals surface area contributed by atoms with Gasteiger partial charge in [0.1, 0.15) is 0 Å². The molecule has 0 saturated carbocycles. The van der Waals surface area contributed by atoms with Gasteiger partial charge >= 0.3 is 0 Å². The number of benzene rings is 1. The number of halogens is 4. The highest BCUT2D eigenvalue weighted by atomic mass is 79.9. The van der Waals surface area contributed by atoms with Crippen LogP contribution in [0.2, 0.25) is 0 Å².